The number of fused-ring (bicyclic) bond motifs is 2. The van der Waals surface area contributed by atoms with Gasteiger partial charge in [-0.05, 0) is 30.3 Å². The molecule has 0 bridgehead atoms. The summed E-state index contributed by atoms with van der Waals surface area (Å²) in [7, 11) is -3.39. The van der Waals surface area contributed by atoms with E-state index in [9.17, 15) is 13.5 Å². The van der Waals surface area contributed by atoms with Crippen LogP contribution in [0, 0.1) is 0 Å². The number of aromatic nitrogens is 1. The van der Waals surface area contributed by atoms with Crippen LogP contribution in [0.25, 0.3) is 21.8 Å². The predicted octanol–water partition coefficient (Wildman–Crippen LogP) is 4.00. The van der Waals surface area contributed by atoms with Gasteiger partial charge in [0.1, 0.15) is 0 Å². The van der Waals surface area contributed by atoms with E-state index in [1.165, 1.54) is 0 Å². The van der Waals surface area contributed by atoms with Crippen LogP contribution in [-0.4, -0.2) is 24.8 Å². The van der Waals surface area contributed by atoms with Gasteiger partial charge in [0.25, 0.3) is 0 Å². The lowest BCUT2D eigenvalue weighted by Crippen LogP contribution is -2.10. The van der Waals surface area contributed by atoms with Gasteiger partial charge in [-0.15, -0.1) is 0 Å². The van der Waals surface area contributed by atoms with Crippen LogP contribution in [-0.2, 0) is 16.6 Å². The number of benzene rings is 3. The van der Waals surface area contributed by atoms with Crippen molar-refractivity contribution in [2.24, 2.45) is 0 Å². The van der Waals surface area contributed by atoms with Crippen LogP contribution in [0.1, 0.15) is 5.56 Å². The van der Waals surface area contributed by atoms with Gasteiger partial charge in [0.15, 0.2) is 0 Å². The van der Waals surface area contributed by atoms with Gasteiger partial charge in [0.05, 0.1) is 29.6 Å². The number of para-hydroxylation sites is 2. The summed E-state index contributed by atoms with van der Waals surface area (Å²) in [5.41, 5.74) is 4.30. The van der Waals surface area contributed by atoms with E-state index >= 15 is 0 Å². The molecule has 28 heavy (non-hydrogen) atoms. The standard InChI is InChI=1S/C21H19N3O3S/c1-28(26,27)24-15-10-11-18(14(12-15)13-25)23-21-16-6-2-4-8-19(16)22-20-9-5-3-7-17(20)21/h2-12,24-25H,13H2,1H3,(H,22,23). The summed E-state index contributed by atoms with van der Waals surface area (Å²) in [5, 5.41) is 15.2. The van der Waals surface area contributed by atoms with Gasteiger partial charge < -0.3 is 10.4 Å². The normalized spacial score (nSPS) is 11.6. The van der Waals surface area contributed by atoms with Crippen molar-refractivity contribution in [3.8, 4) is 0 Å². The van der Waals surface area contributed by atoms with Gasteiger partial charge in [0.2, 0.25) is 10.0 Å². The third-order valence-electron chi connectivity index (χ3n) is 4.43. The molecule has 0 atom stereocenters. The molecule has 4 aromatic rings. The summed E-state index contributed by atoms with van der Waals surface area (Å²) in [5.74, 6) is 0. The maximum absolute atomic E-state index is 11.5. The number of hydrogen-bond donors (Lipinski definition) is 3. The van der Waals surface area contributed by atoms with E-state index < -0.39 is 10.0 Å². The van der Waals surface area contributed by atoms with E-state index in [1.54, 1.807) is 18.2 Å². The molecule has 142 valence electrons. The minimum Gasteiger partial charge on any atom is -0.392 e. The van der Waals surface area contributed by atoms with Gasteiger partial charge in [-0.25, -0.2) is 13.4 Å². The predicted molar refractivity (Wildman–Crippen MR) is 113 cm³/mol. The molecule has 6 nitrogen and oxygen atoms in total. The Hall–Kier alpha value is -3.16. The highest BCUT2D eigenvalue weighted by molar-refractivity contribution is 7.92. The Labute approximate surface area is 162 Å². The Morgan fingerprint density at radius 3 is 2.11 bits per heavy atom. The highest BCUT2D eigenvalue weighted by Gasteiger charge is 2.12. The molecule has 3 aromatic carbocycles. The van der Waals surface area contributed by atoms with Crippen LogP contribution in [0.3, 0.4) is 0 Å². The number of hydrogen-bond acceptors (Lipinski definition) is 5. The van der Waals surface area contributed by atoms with Crippen molar-refractivity contribution in [1.82, 2.24) is 4.98 Å². The molecule has 0 unspecified atom stereocenters. The van der Waals surface area contributed by atoms with Crippen molar-refractivity contribution in [3.05, 3.63) is 72.3 Å². The number of aliphatic hydroxyl groups is 1. The lowest BCUT2D eigenvalue weighted by atomic mass is 10.1. The summed E-state index contributed by atoms with van der Waals surface area (Å²) in [6.07, 6.45) is 1.09. The monoisotopic (exact) mass is 393 g/mol. The SMILES string of the molecule is CS(=O)(=O)Nc1ccc(Nc2c3ccccc3nc3ccccc23)c(CO)c1. The smallest absolute Gasteiger partial charge is 0.229 e. The molecule has 0 aliphatic heterocycles. The first-order valence-electron chi connectivity index (χ1n) is 8.71. The molecule has 0 saturated carbocycles. The minimum absolute atomic E-state index is 0.234. The van der Waals surface area contributed by atoms with Gasteiger partial charge in [-0.1, -0.05) is 36.4 Å². The summed E-state index contributed by atoms with van der Waals surface area (Å²) in [6, 6.07) is 20.7. The molecule has 4 rings (SSSR count). The third-order valence-corrected chi connectivity index (χ3v) is 5.03. The molecule has 1 aromatic heterocycles. The molecule has 0 spiro atoms. The Bertz CT molecular complexity index is 1230. The van der Waals surface area contributed by atoms with Crippen LogP contribution in [0.4, 0.5) is 17.1 Å². The Morgan fingerprint density at radius 1 is 0.929 bits per heavy atom. The van der Waals surface area contributed by atoms with E-state index in [-0.39, 0.29) is 6.61 Å². The molecule has 1 heterocycles. The highest BCUT2D eigenvalue weighted by atomic mass is 32.2. The van der Waals surface area contributed by atoms with E-state index in [1.807, 2.05) is 48.5 Å². The fourth-order valence-electron chi connectivity index (χ4n) is 3.23. The number of nitrogens with zero attached hydrogens (tertiary/aromatic N) is 1. The summed E-state index contributed by atoms with van der Waals surface area (Å²) in [6.45, 7) is -0.234. The highest BCUT2D eigenvalue weighted by Crippen LogP contribution is 2.34. The lowest BCUT2D eigenvalue weighted by Gasteiger charge is -2.16. The van der Waals surface area contributed by atoms with Gasteiger partial charge in [-0.2, -0.15) is 0 Å². The number of nitrogens with one attached hydrogen (secondary N) is 2. The first-order valence-corrected chi connectivity index (χ1v) is 10.6. The summed E-state index contributed by atoms with van der Waals surface area (Å²) in [4.78, 5) is 4.71. The van der Waals surface area contributed by atoms with Crippen molar-refractivity contribution in [1.29, 1.82) is 0 Å². The van der Waals surface area contributed by atoms with Crippen LogP contribution < -0.4 is 10.0 Å². The van der Waals surface area contributed by atoms with Crippen molar-refractivity contribution in [2.75, 3.05) is 16.3 Å². The molecular formula is C21H19N3O3S. The first-order chi connectivity index (χ1) is 13.4. The second-order valence-electron chi connectivity index (χ2n) is 6.55. The zero-order chi connectivity index (χ0) is 19.7. The third kappa shape index (κ3) is 3.62. The molecule has 3 N–H and O–H groups in total. The second-order valence-corrected chi connectivity index (χ2v) is 8.30. The fraction of sp³-hybridized carbons (Fsp3) is 0.0952. The number of aliphatic hydroxyl groups excluding tert-OH is 1. The molecule has 0 radical (unpaired) electrons. The number of anilines is 3. The fourth-order valence-corrected chi connectivity index (χ4v) is 3.79. The molecule has 0 aliphatic carbocycles. The van der Waals surface area contributed by atoms with Crippen molar-refractivity contribution >= 4 is 48.9 Å². The lowest BCUT2D eigenvalue weighted by molar-refractivity contribution is 0.282. The van der Waals surface area contributed by atoms with Crippen molar-refractivity contribution in [3.63, 3.8) is 0 Å². The maximum Gasteiger partial charge on any atom is 0.229 e. The largest absolute Gasteiger partial charge is 0.392 e. The second kappa shape index (κ2) is 7.10. The average molecular weight is 393 g/mol. The number of sulfonamides is 1. The van der Waals surface area contributed by atoms with Crippen LogP contribution in [0.15, 0.2) is 66.7 Å². The molecule has 0 aliphatic rings. The van der Waals surface area contributed by atoms with Crippen LogP contribution >= 0.6 is 0 Å². The van der Waals surface area contributed by atoms with E-state index in [0.29, 0.717) is 16.9 Å². The summed E-state index contributed by atoms with van der Waals surface area (Å²) < 4.78 is 25.4. The Kier molecular flexibility index (Phi) is 4.62. The number of pyridine rings is 1. The number of rotatable bonds is 5. The van der Waals surface area contributed by atoms with E-state index in [2.05, 4.69) is 10.0 Å². The minimum atomic E-state index is -3.39. The maximum atomic E-state index is 11.5. The van der Waals surface area contributed by atoms with E-state index in [0.717, 1.165) is 33.7 Å². The zero-order valence-corrected chi connectivity index (χ0v) is 16.0. The van der Waals surface area contributed by atoms with Crippen LogP contribution in [0.5, 0.6) is 0 Å². The molecule has 0 amide bonds. The zero-order valence-electron chi connectivity index (χ0n) is 15.2. The van der Waals surface area contributed by atoms with E-state index in [4.69, 9.17) is 4.98 Å². The molecule has 0 saturated heterocycles. The van der Waals surface area contributed by atoms with Gasteiger partial charge in [-0.3, -0.25) is 4.72 Å². The Morgan fingerprint density at radius 2 is 1.54 bits per heavy atom. The Balaban J connectivity index is 1.85. The molecular weight excluding hydrogens is 374 g/mol. The molecule has 0 fully saturated rings. The average Bonchev–Trinajstić information content (AvgIpc) is 2.67. The van der Waals surface area contributed by atoms with Gasteiger partial charge in [0, 0.05) is 27.7 Å². The summed E-state index contributed by atoms with van der Waals surface area (Å²) >= 11 is 0. The van der Waals surface area contributed by atoms with Crippen LogP contribution in [0.2, 0.25) is 0 Å². The van der Waals surface area contributed by atoms with Crippen molar-refractivity contribution < 1.29 is 13.5 Å². The quantitative estimate of drug-likeness (QED) is 0.446. The van der Waals surface area contributed by atoms with Gasteiger partial charge >= 0.3 is 0 Å². The molecule has 7 heteroatoms. The van der Waals surface area contributed by atoms with Crippen molar-refractivity contribution in [2.45, 2.75) is 6.61 Å². The first kappa shape index (κ1) is 18.2. The topological polar surface area (TPSA) is 91.3 Å².